The second-order valence-electron chi connectivity index (χ2n) is 8.13. The fourth-order valence-electron chi connectivity index (χ4n) is 4.02. The molecule has 3 aromatic carbocycles. The fraction of sp³-hybridized carbons (Fsp3) is 0.107. The number of urea groups is 1. The lowest BCUT2D eigenvalue weighted by atomic mass is 9.80. The van der Waals surface area contributed by atoms with Gasteiger partial charge in [0.15, 0.2) is 0 Å². The van der Waals surface area contributed by atoms with Gasteiger partial charge in [-0.1, -0.05) is 54.6 Å². The van der Waals surface area contributed by atoms with Gasteiger partial charge in [-0.05, 0) is 53.6 Å². The molecular formula is C28H21F3N4O. The molecule has 0 saturated heterocycles. The number of carbonyl (C=O) groups excluding carboxylic acids is 1. The molecule has 1 heterocycles. The fourth-order valence-corrected chi connectivity index (χ4v) is 4.02. The monoisotopic (exact) mass is 486 g/mol. The lowest BCUT2D eigenvalue weighted by Gasteiger charge is -2.35. The van der Waals surface area contributed by atoms with Crippen LogP contribution in [0.4, 0.5) is 23.7 Å². The summed E-state index contributed by atoms with van der Waals surface area (Å²) in [6.45, 7) is 0. The van der Waals surface area contributed by atoms with Crippen molar-refractivity contribution >= 4 is 11.7 Å². The number of aromatic nitrogens is 1. The third kappa shape index (κ3) is 5.53. The van der Waals surface area contributed by atoms with Crippen molar-refractivity contribution in [2.24, 2.45) is 0 Å². The zero-order chi connectivity index (χ0) is 25.6. The Morgan fingerprint density at radius 3 is 2.28 bits per heavy atom. The molecule has 0 aliphatic heterocycles. The quantitative estimate of drug-likeness (QED) is 0.337. The topological polar surface area (TPSA) is 77.8 Å². The molecule has 0 aliphatic rings. The molecule has 1 unspecified atom stereocenters. The molecule has 0 radical (unpaired) electrons. The number of nitrogens with zero attached hydrogens (tertiary/aromatic N) is 2. The van der Waals surface area contributed by atoms with E-state index in [4.69, 9.17) is 5.26 Å². The number of nitrogens with one attached hydrogen (secondary N) is 2. The van der Waals surface area contributed by atoms with E-state index < -0.39 is 23.3 Å². The van der Waals surface area contributed by atoms with Gasteiger partial charge >= 0.3 is 12.2 Å². The van der Waals surface area contributed by atoms with Crippen LogP contribution in [0.15, 0.2) is 103 Å². The highest BCUT2D eigenvalue weighted by Crippen LogP contribution is 2.37. The van der Waals surface area contributed by atoms with Crippen LogP contribution in [0.5, 0.6) is 0 Å². The molecule has 0 spiro atoms. The number of hydrogen-bond donors (Lipinski definition) is 2. The summed E-state index contributed by atoms with van der Waals surface area (Å²) >= 11 is 0. The van der Waals surface area contributed by atoms with Crippen molar-refractivity contribution in [1.29, 1.82) is 5.26 Å². The third-order valence-corrected chi connectivity index (χ3v) is 5.67. The average Bonchev–Trinajstić information content (AvgIpc) is 2.89. The number of amides is 2. The normalized spacial score (nSPS) is 12.7. The molecule has 4 rings (SSSR count). The first-order valence-electron chi connectivity index (χ1n) is 11.0. The predicted molar refractivity (Wildman–Crippen MR) is 130 cm³/mol. The van der Waals surface area contributed by atoms with Crippen LogP contribution in [0.2, 0.25) is 0 Å². The van der Waals surface area contributed by atoms with E-state index in [9.17, 15) is 18.0 Å². The van der Waals surface area contributed by atoms with Crippen LogP contribution in [0, 0.1) is 11.3 Å². The van der Waals surface area contributed by atoms with Crippen molar-refractivity contribution in [1.82, 2.24) is 10.3 Å². The maximum atomic E-state index is 13.7. The van der Waals surface area contributed by atoms with Crippen LogP contribution < -0.4 is 10.6 Å². The first-order valence-corrected chi connectivity index (χ1v) is 11.0. The summed E-state index contributed by atoms with van der Waals surface area (Å²) in [7, 11) is 0. The molecular weight excluding hydrogens is 465 g/mol. The third-order valence-electron chi connectivity index (χ3n) is 5.67. The van der Waals surface area contributed by atoms with Gasteiger partial charge in [0.2, 0.25) is 0 Å². The molecule has 4 aromatic rings. The Labute approximate surface area is 206 Å². The van der Waals surface area contributed by atoms with Crippen LogP contribution >= 0.6 is 0 Å². The van der Waals surface area contributed by atoms with Crippen molar-refractivity contribution in [2.75, 3.05) is 5.32 Å². The minimum Gasteiger partial charge on any atom is -0.322 e. The van der Waals surface area contributed by atoms with Gasteiger partial charge in [-0.25, -0.2) is 4.79 Å². The Morgan fingerprint density at radius 1 is 0.861 bits per heavy atom. The van der Waals surface area contributed by atoms with Gasteiger partial charge in [0.25, 0.3) is 0 Å². The number of nitriles is 1. The number of benzene rings is 3. The zero-order valence-electron chi connectivity index (χ0n) is 19.0. The molecule has 8 heteroatoms. The van der Waals surface area contributed by atoms with Crippen molar-refractivity contribution in [2.45, 2.75) is 18.1 Å². The molecule has 2 N–H and O–H groups in total. The molecule has 1 aromatic heterocycles. The maximum Gasteiger partial charge on any atom is 0.416 e. The van der Waals surface area contributed by atoms with Gasteiger partial charge in [-0.2, -0.15) is 18.4 Å². The van der Waals surface area contributed by atoms with Crippen LogP contribution in [-0.2, 0) is 18.1 Å². The Bertz CT molecular complexity index is 1390. The van der Waals surface area contributed by atoms with E-state index in [2.05, 4.69) is 15.6 Å². The smallest absolute Gasteiger partial charge is 0.322 e. The minimum atomic E-state index is -4.57. The lowest BCUT2D eigenvalue weighted by Crippen LogP contribution is -2.50. The van der Waals surface area contributed by atoms with E-state index in [0.717, 1.165) is 17.7 Å². The standard InChI is InChI=1S/C28H21F3N4O/c29-28(30,31)23-12-7-11-22(17-23)27(25-14-4-5-15-33-25,18-20-8-2-1-3-9-20)35-26(36)34-24-13-6-10-21(16-24)19-32/h1-17H,18H2,(H2,34,35,36). The summed E-state index contributed by atoms with van der Waals surface area (Å²) in [5.74, 6) is 0. The Balaban J connectivity index is 1.84. The Morgan fingerprint density at radius 2 is 1.58 bits per heavy atom. The first-order chi connectivity index (χ1) is 17.3. The number of carbonyl (C=O) groups is 1. The maximum absolute atomic E-state index is 13.7. The van der Waals surface area contributed by atoms with E-state index in [1.165, 1.54) is 18.3 Å². The summed E-state index contributed by atoms with van der Waals surface area (Å²) < 4.78 is 41.0. The Hall–Kier alpha value is -4.64. The van der Waals surface area contributed by atoms with Gasteiger partial charge in [0.1, 0.15) is 5.54 Å². The summed E-state index contributed by atoms with van der Waals surface area (Å²) in [5.41, 5.74) is -0.184. The van der Waals surface area contributed by atoms with Gasteiger partial charge < -0.3 is 10.6 Å². The van der Waals surface area contributed by atoms with E-state index in [1.807, 2.05) is 36.4 Å². The van der Waals surface area contributed by atoms with Crippen LogP contribution in [0.25, 0.3) is 0 Å². The van der Waals surface area contributed by atoms with Crippen LogP contribution in [0.3, 0.4) is 0 Å². The summed E-state index contributed by atoms with van der Waals surface area (Å²) in [6, 6.07) is 26.8. The van der Waals surface area contributed by atoms with Crippen molar-refractivity contribution < 1.29 is 18.0 Å². The number of hydrogen-bond acceptors (Lipinski definition) is 3. The van der Waals surface area contributed by atoms with E-state index in [-0.39, 0.29) is 12.0 Å². The van der Waals surface area contributed by atoms with Crippen molar-refractivity contribution in [3.8, 4) is 6.07 Å². The van der Waals surface area contributed by atoms with Crippen LogP contribution in [-0.4, -0.2) is 11.0 Å². The molecule has 5 nitrogen and oxygen atoms in total. The second-order valence-corrected chi connectivity index (χ2v) is 8.13. The molecule has 36 heavy (non-hydrogen) atoms. The van der Waals surface area contributed by atoms with Gasteiger partial charge in [-0.3, -0.25) is 4.98 Å². The molecule has 0 bridgehead atoms. The van der Waals surface area contributed by atoms with E-state index in [1.54, 1.807) is 42.5 Å². The molecule has 180 valence electrons. The molecule has 0 aliphatic carbocycles. The molecule has 2 amide bonds. The van der Waals surface area contributed by atoms with Crippen molar-refractivity contribution in [3.05, 3.63) is 131 Å². The second kappa shape index (κ2) is 10.3. The number of pyridine rings is 1. The number of halogens is 3. The zero-order valence-corrected chi connectivity index (χ0v) is 19.0. The number of anilines is 1. The molecule has 1 atom stereocenters. The summed E-state index contributed by atoms with van der Waals surface area (Å²) in [4.78, 5) is 17.7. The lowest BCUT2D eigenvalue weighted by molar-refractivity contribution is -0.137. The number of alkyl halides is 3. The Kier molecular flexibility index (Phi) is 7.02. The molecule has 0 saturated carbocycles. The predicted octanol–water partition coefficient (Wildman–Crippen LogP) is 6.28. The number of rotatable bonds is 6. The largest absolute Gasteiger partial charge is 0.416 e. The van der Waals surface area contributed by atoms with E-state index in [0.29, 0.717) is 16.9 Å². The van der Waals surface area contributed by atoms with Gasteiger partial charge in [-0.15, -0.1) is 0 Å². The average molecular weight is 486 g/mol. The van der Waals surface area contributed by atoms with Crippen molar-refractivity contribution in [3.63, 3.8) is 0 Å². The molecule has 0 fully saturated rings. The van der Waals surface area contributed by atoms with E-state index >= 15 is 0 Å². The highest BCUT2D eigenvalue weighted by Gasteiger charge is 2.40. The first kappa shape index (κ1) is 24.5. The van der Waals surface area contributed by atoms with Gasteiger partial charge in [0, 0.05) is 18.3 Å². The minimum absolute atomic E-state index is 0.137. The highest BCUT2D eigenvalue weighted by molar-refractivity contribution is 5.90. The summed E-state index contributed by atoms with van der Waals surface area (Å²) in [5, 5.41) is 14.8. The highest BCUT2D eigenvalue weighted by atomic mass is 19.4. The van der Waals surface area contributed by atoms with Crippen LogP contribution in [0.1, 0.15) is 27.9 Å². The van der Waals surface area contributed by atoms with Gasteiger partial charge in [0.05, 0.1) is 22.9 Å². The summed E-state index contributed by atoms with van der Waals surface area (Å²) in [6.07, 6.45) is -2.91. The SMILES string of the molecule is N#Cc1cccc(NC(=O)NC(Cc2ccccc2)(c2cccc(C(F)(F)F)c2)c2ccccn2)c1.